The van der Waals surface area contributed by atoms with Gasteiger partial charge in [-0.05, 0) is 17.7 Å². The second kappa shape index (κ2) is 5.20. The fourth-order valence-electron chi connectivity index (χ4n) is 1.63. The molecule has 0 spiro atoms. The van der Waals surface area contributed by atoms with Gasteiger partial charge in [0, 0.05) is 6.54 Å². The van der Waals surface area contributed by atoms with Crippen molar-refractivity contribution in [3.8, 4) is 0 Å². The molecular formula is C13H13NO3S. The molecule has 0 aliphatic heterocycles. The SMILES string of the molecule is O=S(=O)(O)c1ccccc1NCc1ccccc1. The average molecular weight is 263 g/mol. The minimum absolute atomic E-state index is 0.110. The summed E-state index contributed by atoms with van der Waals surface area (Å²) in [6, 6.07) is 15.9. The van der Waals surface area contributed by atoms with E-state index in [0.29, 0.717) is 12.2 Å². The number of anilines is 1. The van der Waals surface area contributed by atoms with Gasteiger partial charge in [0.2, 0.25) is 0 Å². The Bertz CT molecular complexity index is 624. The zero-order valence-corrected chi connectivity index (χ0v) is 10.4. The van der Waals surface area contributed by atoms with E-state index in [2.05, 4.69) is 5.32 Å². The summed E-state index contributed by atoms with van der Waals surface area (Å²) in [5.41, 5.74) is 1.42. The minimum atomic E-state index is -4.20. The van der Waals surface area contributed by atoms with E-state index in [4.69, 9.17) is 4.55 Å². The summed E-state index contributed by atoms with van der Waals surface area (Å²) in [5, 5.41) is 3.00. The van der Waals surface area contributed by atoms with Gasteiger partial charge in [0.1, 0.15) is 4.90 Å². The lowest BCUT2D eigenvalue weighted by molar-refractivity contribution is 0.483. The van der Waals surface area contributed by atoms with Gasteiger partial charge in [-0.2, -0.15) is 8.42 Å². The van der Waals surface area contributed by atoms with E-state index in [1.807, 2.05) is 30.3 Å². The molecule has 0 radical (unpaired) electrons. The summed E-state index contributed by atoms with van der Waals surface area (Å²) in [6.45, 7) is 0.493. The fraction of sp³-hybridized carbons (Fsp3) is 0.0769. The zero-order chi connectivity index (χ0) is 13.0. The average Bonchev–Trinajstić information content (AvgIpc) is 2.37. The Morgan fingerprint density at radius 3 is 2.22 bits per heavy atom. The van der Waals surface area contributed by atoms with E-state index in [-0.39, 0.29) is 4.90 Å². The molecule has 2 aromatic rings. The molecule has 0 saturated carbocycles. The second-order valence-electron chi connectivity index (χ2n) is 3.81. The minimum Gasteiger partial charge on any atom is -0.380 e. The molecule has 18 heavy (non-hydrogen) atoms. The highest BCUT2D eigenvalue weighted by Gasteiger charge is 2.13. The molecular weight excluding hydrogens is 250 g/mol. The molecule has 94 valence electrons. The van der Waals surface area contributed by atoms with Crippen LogP contribution in [-0.4, -0.2) is 13.0 Å². The van der Waals surface area contributed by atoms with E-state index in [0.717, 1.165) is 5.56 Å². The van der Waals surface area contributed by atoms with Crippen molar-refractivity contribution in [3.05, 3.63) is 60.2 Å². The van der Waals surface area contributed by atoms with Crippen molar-refractivity contribution in [1.82, 2.24) is 0 Å². The Labute approximate surface area is 106 Å². The molecule has 2 N–H and O–H groups in total. The molecule has 5 heteroatoms. The van der Waals surface area contributed by atoms with Crippen LogP contribution in [0, 0.1) is 0 Å². The molecule has 0 saturated heterocycles. The third-order valence-corrected chi connectivity index (χ3v) is 3.40. The second-order valence-corrected chi connectivity index (χ2v) is 5.20. The van der Waals surface area contributed by atoms with Crippen LogP contribution in [0.1, 0.15) is 5.56 Å². The first-order chi connectivity index (χ1) is 8.57. The summed E-state index contributed by atoms with van der Waals surface area (Å²) < 4.78 is 31.5. The molecule has 2 aromatic carbocycles. The highest BCUT2D eigenvalue weighted by Crippen LogP contribution is 2.20. The third-order valence-electron chi connectivity index (χ3n) is 2.49. The monoisotopic (exact) mass is 263 g/mol. The van der Waals surface area contributed by atoms with Crippen molar-refractivity contribution in [3.63, 3.8) is 0 Å². The lowest BCUT2D eigenvalue weighted by atomic mass is 10.2. The smallest absolute Gasteiger partial charge is 0.296 e. The van der Waals surface area contributed by atoms with Gasteiger partial charge >= 0.3 is 0 Å². The predicted molar refractivity (Wildman–Crippen MR) is 70.0 cm³/mol. The number of para-hydroxylation sites is 1. The van der Waals surface area contributed by atoms with Crippen molar-refractivity contribution in [2.24, 2.45) is 0 Å². The van der Waals surface area contributed by atoms with Crippen LogP contribution in [0.3, 0.4) is 0 Å². The highest BCUT2D eigenvalue weighted by atomic mass is 32.2. The van der Waals surface area contributed by atoms with E-state index in [9.17, 15) is 8.42 Å². The molecule has 0 aliphatic rings. The van der Waals surface area contributed by atoms with Crippen molar-refractivity contribution in [2.45, 2.75) is 11.4 Å². The first-order valence-electron chi connectivity index (χ1n) is 5.42. The molecule has 0 heterocycles. The van der Waals surface area contributed by atoms with Gasteiger partial charge in [-0.3, -0.25) is 4.55 Å². The predicted octanol–water partition coefficient (Wildman–Crippen LogP) is 2.55. The van der Waals surface area contributed by atoms with Crippen molar-refractivity contribution >= 4 is 15.8 Å². The van der Waals surface area contributed by atoms with Crippen molar-refractivity contribution in [1.29, 1.82) is 0 Å². The summed E-state index contributed by atoms with van der Waals surface area (Å²) >= 11 is 0. The van der Waals surface area contributed by atoms with Crippen LogP contribution in [0.15, 0.2) is 59.5 Å². The summed E-state index contributed by atoms with van der Waals surface area (Å²) in [6.07, 6.45) is 0. The highest BCUT2D eigenvalue weighted by molar-refractivity contribution is 7.86. The van der Waals surface area contributed by atoms with Gasteiger partial charge in [-0.1, -0.05) is 42.5 Å². The number of benzene rings is 2. The van der Waals surface area contributed by atoms with Gasteiger partial charge in [-0.15, -0.1) is 0 Å². The van der Waals surface area contributed by atoms with Crippen LogP contribution in [0.4, 0.5) is 5.69 Å². The summed E-state index contributed by atoms with van der Waals surface area (Å²) in [7, 11) is -4.20. The van der Waals surface area contributed by atoms with Crippen LogP contribution < -0.4 is 5.32 Å². The molecule has 2 rings (SSSR count). The fourth-order valence-corrected chi connectivity index (χ4v) is 2.30. The Morgan fingerprint density at radius 2 is 1.56 bits per heavy atom. The third kappa shape index (κ3) is 3.09. The Hall–Kier alpha value is -1.85. The molecule has 0 amide bonds. The van der Waals surface area contributed by atoms with Crippen LogP contribution in [0.5, 0.6) is 0 Å². The van der Waals surface area contributed by atoms with Gasteiger partial charge < -0.3 is 5.32 Å². The number of hydrogen-bond acceptors (Lipinski definition) is 3. The van der Waals surface area contributed by atoms with E-state index >= 15 is 0 Å². The van der Waals surface area contributed by atoms with Crippen LogP contribution >= 0.6 is 0 Å². The number of hydrogen-bond donors (Lipinski definition) is 2. The summed E-state index contributed by atoms with van der Waals surface area (Å²) in [5.74, 6) is 0. The van der Waals surface area contributed by atoms with Gasteiger partial charge in [0.05, 0.1) is 5.69 Å². The van der Waals surface area contributed by atoms with E-state index < -0.39 is 10.1 Å². The lowest BCUT2D eigenvalue weighted by Crippen LogP contribution is -2.06. The van der Waals surface area contributed by atoms with Gasteiger partial charge in [0.25, 0.3) is 10.1 Å². The standard InChI is InChI=1S/C13H13NO3S/c15-18(16,17)13-9-5-4-8-12(13)14-10-11-6-2-1-3-7-11/h1-9,14H,10H2,(H,15,16,17). The van der Waals surface area contributed by atoms with Crippen LogP contribution in [0.25, 0.3) is 0 Å². The van der Waals surface area contributed by atoms with Crippen molar-refractivity contribution in [2.75, 3.05) is 5.32 Å². The molecule has 0 fully saturated rings. The molecule has 0 bridgehead atoms. The zero-order valence-electron chi connectivity index (χ0n) is 9.58. The number of rotatable bonds is 4. The maximum absolute atomic E-state index is 11.2. The summed E-state index contributed by atoms with van der Waals surface area (Å²) in [4.78, 5) is -0.110. The number of nitrogens with one attached hydrogen (secondary N) is 1. The Balaban J connectivity index is 2.20. The van der Waals surface area contributed by atoms with E-state index in [1.165, 1.54) is 6.07 Å². The normalized spacial score (nSPS) is 11.2. The topological polar surface area (TPSA) is 66.4 Å². The first kappa shape index (κ1) is 12.6. The van der Waals surface area contributed by atoms with Crippen LogP contribution in [0.2, 0.25) is 0 Å². The van der Waals surface area contributed by atoms with Gasteiger partial charge in [-0.25, -0.2) is 0 Å². The molecule has 0 unspecified atom stereocenters. The maximum Gasteiger partial charge on any atom is 0.296 e. The lowest BCUT2D eigenvalue weighted by Gasteiger charge is -2.09. The molecule has 0 aliphatic carbocycles. The Morgan fingerprint density at radius 1 is 0.944 bits per heavy atom. The largest absolute Gasteiger partial charge is 0.380 e. The van der Waals surface area contributed by atoms with Gasteiger partial charge in [0.15, 0.2) is 0 Å². The Kier molecular flexibility index (Phi) is 3.64. The van der Waals surface area contributed by atoms with Crippen LogP contribution in [-0.2, 0) is 16.7 Å². The quantitative estimate of drug-likeness (QED) is 0.832. The maximum atomic E-state index is 11.2. The molecule has 4 nitrogen and oxygen atoms in total. The molecule has 0 atom stereocenters. The van der Waals surface area contributed by atoms with E-state index in [1.54, 1.807) is 18.2 Å². The van der Waals surface area contributed by atoms with Crippen molar-refractivity contribution < 1.29 is 13.0 Å². The molecule has 0 aromatic heterocycles. The first-order valence-corrected chi connectivity index (χ1v) is 6.86.